The summed E-state index contributed by atoms with van der Waals surface area (Å²) < 4.78 is 7.83. The topological polar surface area (TPSA) is 69.0 Å². The van der Waals surface area contributed by atoms with E-state index in [2.05, 4.69) is 15.5 Å². The van der Waals surface area contributed by atoms with Gasteiger partial charge in [-0.25, -0.2) is 0 Å². The lowest BCUT2D eigenvalue weighted by molar-refractivity contribution is -0.119. The smallest absolute Gasteiger partial charge is 0.230 e. The first-order valence-corrected chi connectivity index (χ1v) is 13.3. The Bertz CT molecular complexity index is 1090. The fourth-order valence-corrected chi connectivity index (χ4v) is 5.29. The van der Waals surface area contributed by atoms with Crippen LogP contribution in [-0.4, -0.2) is 39.1 Å². The number of benzene rings is 2. The Morgan fingerprint density at radius 2 is 1.88 bits per heavy atom. The summed E-state index contributed by atoms with van der Waals surface area (Å²) in [6, 6.07) is 15.5. The number of thioether (sulfide) groups is 1. The molecule has 1 aliphatic rings. The molecule has 1 fully saturated rings. The van der Waals surface area contributed by atoms with Crippen molar-refractivity contribution >= 4 is 40.9 Å². The number of nitrogens with zero attached hydrogens (tertiary/aromatic N) is 3. The standard InChI is InChI=1S/C25H28Cl2N4O2S/c26-18-13-14-22(21(27)16-18)33-15-7-12-23-29-30-25(31(23)20-10-5-2-6-11-20)34-17-24(32)28-19-8-3-1-4-9-19/h2,5-6,10-11,13-14,16,19H,1,3-4,7-9,12,15,17H2,(H,28,32). The van der Waals surface area contributed by atoms with Gasteiger partial charge in [-0.15, -0.1) is 10.2 Å². The van der Waals surface area contributed by atoms with Gasteiger partial charge in [0.05, 0.1) is 17.4 Å². The highest BCUT2D eigenvalue weighted by Crippen LogP contribution is 2.28. The Balaban J connectivity index is 1.37. The average Bonchev–Trinajstić information content (AvgIpc) is 3.25. The van der Waals surface area contributed by atoms with Gasteiger partial charge < -0.3 is 10.1 Å². The molecular formula is C25H28Cl2N4O2S. The van der Waals surface area contributed by atoms with Crippen LogP contribution in [0.5, 0.6) is 5.75 Å². The Morgan fingerprint density at radius 3 is 2.65 bits per heavy atom. The summed E-state index contributed by atoms with van der Waals surface area (Å²) in [7, 11) is 0. The van der Waals surface area contributed by atoms with Crippen molar-refractivity contribution < 1.29 is 9.53 Å². The third-order valence-electron chi connectivity index (χ3n) is 5.71. The maximum absolute atomic E-state index is 12.5. The van der Waals surface area contributed by atoms with E-state index in [9.17, 15) is 4.79 Å². The van der Waals surface area contributed by atoms with Crippen LogP contribution in [0.2, 0.25) is 10.0 Å². The number of para-hydroxylation sites is 1. The SMILES string of the molecule is O=C(CSc1nnc(CCCOc2ccc(Cl)cc2Cl)n1-c1ccccc1)NC1CCCCC1. The van der Waals surface area contributed by atoms with Crippen molar-refractivity contribution in [2.45, 2.75) is 56.1 Å². The highest BCUT2D eigenvalue weighted by Gasteiger charge is 2.18. The number of rotatable bonds is 10. The molecule has 2 aromatic carbocycles. The highest BCUT2D eigenvalue weighted by atomic mass is 35.5. The number of carbonyl (C=O) groups excluding carboxylic acids is 1. The number of aryl methyl sites for hydroxylation is 1. The lowest BCUT2D eigenvalue weighted by Crippen LogP contribution is -2.37. The zero-order valence-corrected chi connectivity index (χ0v) is 21.2. The summed E-state index contributed by atoms with van der Waals surface area (Å²) >= 11 is 13.5. The predicted molar refractivity (Wildman–Crippen MR) is 137 cm³/mol. The molecule has 34 heavy (non-hydrogen) atoms. The van der Waals surface area contributed by atoms with Crippen molar-refractivity contribution in [1.82, 2.24) is 20.1 Å². The molecule has 1 aliphatic carbocycles. The third-order valence-corrected chi connectivity index (χ3v) is 7.17. The van der Waals surface area contributed by atoms with Gasteiger partial charge in [0, 0.05) is 23.2 Å². The maximum Gasteiger partial charge on any atom is 0.230 e. The van der Waals surface area contributed by atoms with Gasteiger partial charge >= 0.3 is 0 Å². The number of nitrogens with one attached hydrogen (secondary N) is 1. The van der Waals surface area contributed by atoms with Crippen LogP contribution in [0, 0.1) is 0 Å². The second-order valence-corrected chi connectivity index (χ2v) is 10.1. The fourth-order valence-electron chi connectivity index (χ4n) is 4.04. The summed E-state index contributed by atoms with van der Waals surface area (Å²) in [5.41, 5.74) is 0.972. The summed E-state index contributed by atoms with van der Waals surface area (Å²) in [5, 5.41) is 13.8. The van der Waals surface area contributed by atoms with Gasteiger partial charge in [0.15, 0.2) is 5.16 Å². The molecule has 0 aliphatic heterocycles. The van der Waals surface area contributed by atoms with Crippen molar-refractivity contribution in [1.29, 1.82) is 0 Å². The fraction of sp³-hybridized carbons (Fsp3) is 0.400. The van der Waals surface area contributed by atoms with Crippen LogP contribution in [-0.2, 0) is 11.2 Å². The van der Waals surface area contributed by atoms with E-state index in [4.69, 9.17) is 27.9 Å². The van der Waals surface area contributed by atoms with E-state index in [1.54, 1.807) is 18.2 Å². The van der Waals surface area contributed by atoms with E-state index >= 15 is 0 Å². The van der Waals surface area contributed by atoms with E-state index < -0.39 is 0 Å². The normalized spacial score (nSPS) is 14.2. The maximum atomic E-state index is 12.5. The Labute approximate surface area is 214 Å². The van der Waals surface area contributed by atoms with E-state index in [0.717, 1.165) is 30.8 Å². The zero-order valence-electron chi connectivity index (χ0n) is 18.9. The van der Waals surface area contributed by atoms with Crippen molar-refractivity contribution in [3.63, 3.8) is 0 Å². The number of aromatic nitrogens is 3. The van der Waals surface area contributed by atoms with Gasteiger partial charge in [0.25, 0.3) is 0 Å². The molecule has 6 nitrogen and oxygen atoms in total. The van der Waals surface area contributed by atoms with E-state index in [1.807, 2.05) is 34.9 Å². The van der Waals surface area contributed by atoms with Crippen LogP contribution in [0.3, 0.4) is 0 Å². The first kappa shape index (κ1) is 24.9. The van der Waals surface area contributed by atoms with Crippen LogP contribution in [0.15, 0.2) is 53.7 Å². The number of carbonyl (C=O) groups is 1. The Kier molecular flexibility index (Phi) is 9.13. The predicted octanol–water partition coefficient (Wildman–Crippen LogP) is 6.13. The second-order valence-electron chi connectivity index (χ2n) is 8.29. The molecule has 1 aromatic heterocycles. The lowest BCUT2D eigenvalue weighted by Gasteiger charge is -2.22. The van der Waals surface area contributed by atoms with E-state index in [0.29, 0.717) is 45.8 Å². The molecule has 0 atom stereocenters. The van der Waals surface area contributed by atoms with Gasteiger partial charge in [-0.3, -0.25) is 9.36 Å². The summed E-state index contributed by atoms with van der Waals surface area (Å²) in [4.78, 5) is 12.5. The quantitative estimate of drug-likeness (QED) is 0.258. The van der Waals surface area contributed by atoms with Gasteiger partial charge in [-0.2, -0.15) is 0 Å². The molecule has 1 saturated carbocycles. The number of hydrogen-bond donors (Lipinski definition) is 1. The van der Waals surface area contributed by atoms with Gasteiger partial charge in [-0.1, -0.05) is 72.4 Å². The third kappa shape index (κ3) is 6.90. The highest BCUT2D eigenvalue weighted by molar-refractivity contribution is 7.99. The monoisotopic (exact) mass is 518 g/mol. The van der Waals surface area contributed by atoms with Gasteiger partial charge in [0.2, 0.25) is 5.91 Å². The number of amides is 1. The molecule has 1 amide bonds. The summed E-state index contributed by atoms with van der Waals surface area (Å²) in [5.74, 6) is 1.80. The minimum Gasteiger partial charge on any atom is -0.492 e. The minimum absolute atomic E-state index is 0.0503. The molecule has 3 aromatic rings. The first-order valence-electron chi connectivity index (χ1n) is 11.6. The first-order chi connectivity index (χ1) is 16.6. The summed E-state index contributed by atoms with van der Waals surface area (Å²) in [6.07, 6.45) is 7.20. The molecule has 0 bridgehead atoms. The van der Waals surface area contributed by atoms with Crippen molar-refractivity contribution in [2.75, 3.05) is 12.4 Å². The van der Waals surface area contributed by atoms with Crippen molar-refractivity contribution in [3.8, 4) is 11.4 Å². The van der Waals surface area contributed by atoms with E-state index in [-0.39, 0.29) is 5.91 Å². The molecule has 9 heteroatoms. The van der Waals surface area contributed by atoms with Crippen LogP contribution >= 0.6 is 35.0 Å². The van der Waals surface area contributed by atoms with Crippen LogP contribution in [0.1, 0.15) is 44.3 Å². The number of halogens is 2. The Morgan fingerprint density at radius 1 is 1.09 bits per heavy atom. The molecule has 4 rings (SSSR count). The molecule has 1 heterocycles. The number of hydrogen-bond acceptors (Lipinski definition) is 5. The van der Waals surface area contributed by atoms with Crippen molar-refractivity contribution in [2.24, 2.45) is 0 Å². The van der Waals surface area contributed by atoms with Crippen molar-refractivity contribution in [3.05, 3.63) is 64.4 Å². The second kappa shape index (κ2) is 12.5. The van der Waals surface area contributed by atoms with Crippen LogP contribution in [0.25, 0.3) is 5.69 Å². The van der Waals surface area contributed by atoms with Crippen LogP contribution in [0.4, 0.5) is 0 Å². The largest absolute Gasteiger partial charge is 0.492 e. The zero-order chi connectivity index (χ0) is 23.8. The van der Waals surface area contributed by atoms with Crippen LogP contribution < -0.4 is 10.1 Å². The lowest BCUT2D eigenvalue weighted by atomic mass is 9.95. The number of ether oxygens (including phenoxy) is 1. The van der Waals surface area contributed by atoms with Gasteiger partial charge in [-0.05, 0) is 49.6 Å². The molecule has 0 saturated heterocycles. The molecule has 0 spiro atoms. The molecule has 0 unspecified atom stereocenters. The molecule has 0 radical (unpaired) electrons. The minimum atomic E-state index is 0.0503. The van der Waals surface area contributed by atoms with E-state index in [1.165, 1.54) is 31.0 Å². The van der Waals surface area contributed by atoms with Gasteiger partial charge in [0.1, 0.15) is 11.6 Å². The summed E-state index contributed by atoms with van der Waals surface area (Å²) in [6.45, 7) is 0.481. The Hall–Kier alpha value is -2.22. The molecular weight excluding hydrogens is 491 g/mol. The average molecular weight is 519 g/mol. The molecule has 180 valence electrons. The molecule has 1 N–H and O–H groups in total.